The Kier molecular flexibility index (Phi) is 11.1. The fourth-order valence-electron chi connectivity index (χ4n) is 0. The van der Waals surface area contributed by atoms with Crippen molar-refractivity contribution in [2.24, 2.45) is 11.5 Å². The molecule has 0 amide bonds. The standard InChI is InChI=1S/CH5N3.ClH.H3O4P/c2-1(3)4;;1-5(2,3)4/h(H5,2,3,4);1H;(H3,1,2,3,4). The molecule has 0 fully saturated rings. The second-order valence-corrected chi connectivity index (χ2v) is 2.00. The van der Waals surface area contributed by atoms with Crippen LogP contribution in [0.15, 0.2) is 0 Å². The third-order valence-corrected chi connectivity index (χ3v) is 0. The molecule has 8 N–H and O–H groups in total. The molecule has 7 nitrogen and oxygen atoms in total. The zero-order valence-corrected chi connectivity index (χ0v) is 6.47. The number of halogens is 1. The minimum Gasteiger partial charge on any atom is -0.370 e. The van der Waals surface area contributed by atoms with Crippen molar-refractivity contribution in [3.63, 3.8) is 0 Å². The molecule has 0 aliphatic carbocycles. The first-order chi connectivity index (χ1) is 3.73. The van der Waals surface area contributed by atoms with E-state index < -0.39 is 7.82 Å². The second-order valence-electron chi connectivity index (χ2n) is 0.969. The minimum atomic E-state index is -4.64. The Balaban J connectivity index is -0.0000000910. The lowest BCUT2D eigenvalue weighted by Crippen LogP contribution is -2.20. The van der Waals surface area contributed by atoms with Gasteiger partial charge in [-0.05, 0) is 0 Å². The summed E-state index contributed by atoms with van der Waals surface area (Å²) < 4.78 is 8.88. The molecule has 0 spiro atoms. The minimum absolute atomic E-state index is 0. The van der Waals surface area contributed by atoms with Crippen LogP contribution in [-0.2, 0) is 4.57 Å². The van der Waals surface area contributed by atoms with Crippen LogP contribution in [0.4, 0.5) is 0 Å². The van der Waals surface area contributed by atoms with Crippen molar-refractivity contribution in [3.05, 3.63) is 0 Å². The Labute approximate surface area is 63.2 Å². The smallest absolute Gasteiger partial charge is 0.370 e. The molecule has 10 heavy (non-hydrogen) atoms. The van der Waals surface area contributed by atoms with Gasteiger partial charge in [0.2, 0.25) is 0 Å². The molecule has 0 rings (SSSR count). The van der Waals surface area contributed by atoms with Crippen molar-refractivity contribution in [2.75, 3.05) is 0 Å². The summed E-state index contributed by atoms with van der Waals surface area (Å²) in [5.41, 5.74) is 8.94. The maximum absolute atomic E-state index is 8.88. The highest BCUT2D eigenvalue weighted by molar-refractivity contribution is 7.45. The molecule has 0 aliphatic heterocycles. The summed E-state index contributed by atoms with van der Waals surface area (Å²) in [6.45, 7) is 0. The van der Waals surface area contributed by atoms with E-state index >= 15 is 0 Å². The van der Waals surface area contributed by atoms with E-state index in [1.807, 2.05) is 0 Å². The first-order valence-electron chi connectivity index (χ1n) is 1.61. The monoisotopic (exact) mass is 193 g/mol. The van der Waals surface area contributed by atoms with E-state index in [1.54, 1.807) is 0 Å². The van der Waals surface area contributed by atoms with Crippen LogP contribution in [0, 0.1) is 5.41 Å². The molecule has 0 heterocycles. The number of nitrogens with one attached hydrogen (secondary N) is 1. The Morgan fingerprint density at radius 3 is 1.30 bits per heavy atom. The van der Waals surface area contributed by atoms with E-state index in [0.29, 0.717) is 0 Å². The molecular weight excluding hydrogens is 184 g/mol. The van der Waals surface area contributed by atoms with Gasteiger partial charge in [0.15, 0.2) is 5.96 Å². The van der Waals surface area contributed by atoms with Gasteiger partial charge >= 0.3 is 7.82 Å². The molecule has 0 saturated carbocycles. The number of hydrogen-bond donors (Lipinski definition) is 6. The van der Waals surface area contributed by atoms with E-state index in [1.165, 1.54) is 0 Å². The highest BCUT2D eigenvalue weighted by atomic mass is 35.5. The fraction of sp³-hybridized carbons (Fsp3) is 0. The Bertz CT molecular complexity index is 120. The lowest BCUT2D eigenvalue weighted by Gasteiger charge is -1.82. The highest BCUT2D eigenvalue weighted by Crippen LogP contribution is 2.25. The largest absolute Gasteiger partial charge is 0.466 e. The van der Waals surface area contributed by atoms with E-state index in [9.17, 15) is 0 Å². The highest BCUT2D eigenvalue weighted by Gasteiger charge is 2.00. The lowest BCUT2D eigenvalue weighted by atomic mass is 11.1. The molecule has 64 valence electrons. The van der Waals surface area contributed by atoms with Gasteiger partial charge in [0.25, 0.3) is 0 Å². The van der Waals surface area contributed by atoms with Crippen molar-refractivity contribution in [1.82, 2.24) is 0 Å². The molecule has 0 aliphatic rings. The average Bonchev–Trinajstić information content (AvgIpc) is 1.19. The lowest BCUT2D eigenvalue weighted by molar-refractivity contribution is 0.275. The SMILES string of the molecule is Cl.N=C(N)N.O=P(O)(O)O. The van der Waals surface area contributed by atoms with Gasteiger partial charge in [-0.3, -0.25) is 5.41 Å². The number of hydrogen-bond acceptors (Lipinski definition) is 2. The number of rotatable bonds is 0. The van der Waals surface area contributed by atoms with Gasteiger partial charge in [-0.2, -0.15) is 0 Å². The van der Waals surface area contributed by atoms with Crippen molar-refractivity contribution in [3.8, 4) is 0 Å². The van der Waals surface area contributed by atoms with Gasteiger partial charge in [-0.25, -0.2) is 4.57 Å². The van der Waals surface area contributed by atoms with Gasteiger partial charge in [-0.15, -0.1) is 12.4 Å². The van der Waals surface area contributed by atoms with Gasteiger partial charge in [0.1, 0.15) is 0 Å². The van der Waals surface area contributed by atoms with E-state index in [-0.39, 0.29) is 18.4 Å². The van der Waals surface area contributed by atoms with E-state index in [4.69, 9.17) is 24.7 Å². The van der Waals surface area contributed by atoms with Crippen LogP contribution in [0.1, 0.15) is 0 Å². The number of phosphoric acid groups is 1. The summed E-state index contributed by atoms with van der Waals surface area (Å²) in [6.07, 6.45) is 0. The Morgan fingerprint density at radius 2 is 1.30 bits per heavy atom. The van der Waals surface area contributed by atoms with Gasteiger partial charge < -0.3 is 26.1 Å². The van der Waals surface area contributed by atoms with Crippen molar-refractivity contribution in [1.29, 1.82) is 5.41 Å². The summed E-state index contributed by atoms with van der Waals surface area (Å²) in [6, 6.07) is 0. The zero-order chi connectivity index (χ0) is 8.08. The first-order valence-corrected chi connectivity index (χ1v) is 3.18. The molecule has 0 bridgehead atoms. The number of guanidine groups is 1. The quantitative estimate of drug-likeness (QED) is 0.154. The third kappa shape index (κ3) is 3130. The van der Waals surface area contributed by atoms with Crippen LogP contribution in [0.2, 0.25) is 0 Å². The molecule has 0 aromatic carbocycles. The van der Waals surface area contributed by atoms with Gasteiger partial charge in [0, 0.05) is 0 Å². The van der Waals surface area contributed by atoms with Gasteiger partial charge in [-0.1, -0.05) is 0 Å². The fourth-order valence-corrected chi connectivity index (χ4v) is 0. The summed E-state index contributed by atoms with van der Waals surface area (Å²) in [5, 5.41) is 6.06. The normalized spacial score (nSPS) is 8.30. The molecule has 0 aromatic heterocycles. The van der Waals surface area contributed by atoms with Crippen LogP contribution >= 0.6 is 20.2 Å². The van der Waals surface area contributed by atoms with Crippen molar-refractivity contribution < 1.29 is 19.2 Å². The predicted molar refractivity (Wildman–Crippen MR) is 37.6 cm³/mol. The third-order valence-electron chi connectivity index (χ3n) is 0. The van der Waals surface area contributed by atoms with E-state index in [2.05, 4.69) is 11.5 Å². The molecule has 9 heteroatoms. The first kappa shape index (κ1) is 16.3. The summed E-state index contributed by atoms with van der Waals surface area (Å²) in [7, 11) is -4.64. The van der Waals surface area contributed by atoms with Crippen LogP contribution in [0.25, 0.3) is 0 Å². The van der Waals surface area contributed by atoms with Crippen molar-refractivity contribution in [2.45, 2.75) is 0 Å². The predicted octanol–water partition coefficient (Wildman–Crippen LogP) is -1.67. The summed E-state index contributed by atoms with van der Waals surface area (Å²) in [4.78, 5) is 21.6. The topological polar surface area (TPSA) is 154 Å². The Morgan fingerprint density at radius 1 is 1.30 bits per heavy atom. The van der Waals surface area contributed by atoms with Crippen molar-refractivity contribution >= 4 is 26.2 Å². The maximum Gasteiger partial charge on any atom is 0.466 e. The molecule has 0 atom stereocenters. The van der Waals surface area contributed by atoms with Gasteiger partial charge in [0.05, 0.1) is 0 Å². The summed E-state index contributed by atoms with van der Waals surface area (Å²) >= 11 is 0. The molecule has 0 radical (unpaired) electrons. The summed E-state index contributed by atoms with van der Waals surface area (Å²) in [5.74, 6) is -0.333. The molecule has 0 saturated heterocycles. The zero-order valence-electron chi connectivity index (χ0n) is 4.76. The van der Waals surface area contributed by atoms with E-state index in [0.717, 1.165) is 0 Å². The molecular formula is CH9ClN3O4P. The average molecular weight is 194 g/mol. The van der Waals surface area contributed by atoms with Crippen LogP contribution < -0.4 is 11.5 Å². The Hall–Kier alpha value is -0.330. The van der Waals surface area contributed by atoms with Crippen LogP contribution in [0.5, 0.6) is 0 Å². The van der Waals surface area contributed by atoms with Crippen LogP contribution in [-0.4, -0.2) is 20.6 Å². The maximum atomic E-state index is 8.88. The molecule has 0 aromatic rings. The molecule has 0 unspecified atom stereocenters. The van der Waals surface area contributed by atoms with Crippen LogP contribution in [0.3, 0.4) is 0 Å². The number of nitrogens with two attached hydrogens (primary N) is 2. The second kappa shape index (κ2) is 6.79.